The lowest BCUT2D eigenvalue weighted by molar-refractivity contribution is -0.157. The summed E-state index contributed by atoms with van der Waals surface area (Å²) in [6.07, 6.45) is 2.03. The smallest absolute Gasteiger partial charge is 0.348 e. The Hall–Kier alpha value is -2.90. The lowest BCUT2D eigenvalue weighted by Crippen LogP contribution is -2.53. The van der Waals surface area contributed by atoms with E-state index in [2.05, 4.69) is 9.97 Å². The Bertz CT molecular complexity index is 763. The van der Waals surface area contributed by atoms with Crippen LogP contribution in [0.3, 0.4) is 0 Å². The second kappa shape index (κ2) is 6.92. The van der Waals surface area contributed by atoms with Crippen LogP contribution in [0.1, 0.15) is 12.8 Å². The molecule has 0 atom stereocenters. The predicted octanol–water partition coefficient (Wildman–Crippen LogP) is 2.13. The SMILES string of the molecule is COc1ccnc(N2CCC(Oc3cccc(F)c3)(C(=O)O)CC2)n1. The number of carbonyl (C=O) groups is 1. The minimum absolute atomic E-state index is 0.202. The predicted molar refractivity (Wildman–Crippen MR) is 87.4 cm³/mol. The molecular weight excluding hydrogens is 329 g/mol. The van der Waals surface area contributed by atoms with Crippen molar-refractivity contribution in [2.24, 2.45) is 0 Å². The van der Waals surface area contributed by atoms with E-state index in [1.54, 1.807) is 18.3 Å². The van der Waals surface area contributed by atoms with Crippen LogP contribution < -0.4 is 14.4 Å². The van der Waals surface area contributed by atoms with Crippen molar-refractivity contribution < 1.29 is 23.8 Å². The third kappa shape index (κ3) is 3.62. The van der Waals surface area contributed by atoms with Gasteiger partial charge in [0.25, 0.3) is 0 Å². The molecule has 0 amide bonds. The molecule has 0 spiro atoms. The van der Waals surface area contributed by atoms with Crippen molar-refractivity contribution in [2.75, 3.05) is 25.1 Å². The molecule has 0 unspecified atom stereocenters. The van der Waals surface area contributed by atoms with Crippen LogP contribution in [0.15, 0.2) is 36.5 Å². The number of nitrogens with zero attached hydrogens (tertiary/aromatic N) is 3. The molecular formula is C17H18FN3O4. The molecule has 3 rings (SSSR count). The van der Waals surface area contributed by atoms with Crippen LogP contribution >= 0.6 is 0 Å². The van der Waals surface area contributed by atoms with E-state index in [0.29, 0.717) is 24.9 Å². The molecule has 2 heterocycles. The molecule has 1 aromatic heterocycles. The van der Waals surface area contributed by atoms with Crippen LogP contribution in [0, 0.1) is 5.82 Å². The number of carboxylic acids is 1. The molecule has 1 aliphatic heterocycles. The van der Waals surface area contributed by atoms with Crippen LogP contribution in [-0.4, -0.2) is 46.8 Å². The topological polar surface area (TPSA) is 84.8 Å². The number of rotatable bonds is 5. The van der Waals surface area contributed by atoms with E-state index < -0.39 is 17.4 Å². The second-order valence-electron chi connectivity index (χ2n) is 5.74. The molecule has 2 aromatic rings. The van der Waals surface area contributed by atoms with Crippen molar-refractivity contribution in [2.45, 2.75) is 18.4 Å². The van der Waals surface area contributed by atoms with Gasteiger partial charge in [-0.1, -0.05) is 6.07 Å². The van der Waals surface area contributed by atoms with E-state index in [9.17, 15) is 14.3 Å². The van der Waals surface area contributed by atoms with Gasteiger partial charge in [0.1, 0.15) is 11.6 Å². The van der Waals surface area contributed by atoms with Gasteiger partial charge >= 0.3 is 5.97 Å². The number of piperidine rings is 1. The summed E-state index contributed by atoms with van der Waals surface area (Å²) in [6.45, 7) is 0.795. The van der Waals surface area contributed by atoms with E-state index in [0.717, 1.165) is 0 Å². The van der Waals surface area contributed by atoms with E-state index in [-0.39, 0.29) is 18.6 Å². The van der Waals surface area contributed by atoms with Gasteiger partial charge in [-0.2, -0.15) is 4.98 Å². The monoisotopic (exact) mass is 347 g/mol. The number of halogens is 1. The zero-order valence-corrected chi connectivity index (χ0v) is 13.7. The summed E-state index contributed by atoms with van der Waals surface area (Å²) in [5.41, 5.74) is -1.40. The van der Waals surface area contributed by atoms with Gasteiger partial charge in [-0.3, -0.25) is 0 Å². The van der Waals surface area contributed by atoms with Crippen molar-refractivity contribution in [3.8, 4) is 11.6 Å². The number of hydrogen-bond donors (Lipinski definition) is 1. The molecule has 0 radical (unpaired) electrons. The van der Waals surface area contributed by atoms with Crippen LogP contribution in [0.5, 0.6) is 11.6 Å². The van der Waals surface area contributed by atoms with E-state index >= 15 is 0 Å². The molecule has 1 N–H and O–H groups in total. The summed E-state index contributed by atoms with van der Waals surface area (Å²) in [4.78, 5) is 22.1. The van der Waals surface area contributed by atoms with Crippen molar-refractivity contribution in [1.82, 2.24) is 9.97 Å². The minimum atomic E-state index is -1.40. The highest BCUT2D eigenvalue weighted by Gasteiger charge is 2.44. The Morgan fingerprint density at radius 1 is 1.32 bits per heavy atom. The number of methoxy groups -OCH3 is 1. The largest absolute Gasteiger partial charge is 0.481 e. The lowest BCUT2D eigenvalue weighted by Gasteiger charge is -2.38. The van der Waals surface area contributed by atoms with Crippen LogP contribution in [0.2, 0.25) is 0 Å². The summed E-state index contributed by atoms with van der Waals surface area (Å²) >= 11 is 0. The van der Waals surface area contributed by atoms with Crippen molar-refractivity contribution >= 4 is 11.9 Å². The number of hydrogen-bond acceptors (Lipinski definition) is 6. The highest BCUT2D eigenvalue weighted by Crippen LogP contribution is 2.31. The fourth-order valence-corrected chi connectivity index (χ4v) is 2.78. The minimum Gasteiger partial charge on any atom is -0.481 e. The van der Waals surface area contributed by atoms with Crippen molar-refractivity contribution in [1.29, 1.82) is 0 Å². The highest BCUT2D eigenvalue weighted by molar-refractivity contribution is 5.78. The summed E-state index contributed by atoms with van der Waals surface area (Å²) < 4.78 is 24.1. The first-order valence-corrected chi connectivity index (χ1v) is 7.82. The van der Waals surface area contributed by atoms with Gasteiger partial charge in [0, 0.05) is 44.3 Å². The summed E-state index contributed by atoms with van der Waals surface area (Å²) in [6, 6.07) is 7.14. The molecule has 25 heavy (non-hydrogen) atoms. The normalized spacial score (nSPS) is 16.3. The number of carboxylic acid groups (broad SMARTS) is 1. The van der Waals surface area contributed by atoms with Gasteiger partial charge in [-0.05, 0) is 12.1 Å². The average molecular weight is 347 g/mol. The fraction of sp³-hybridized carbons (Fsp3) is 0.353. The molecule has 132 valence electrons. The molecule has 0 saturated carbocycles. The number of aliphatic carboxylic acids is 1. The van der Waals surface area contributed by atoms with Crippen LogP contribution in [0.25, 0.3) is 0 Å². The van der Waals surface area contributed by atoms with Crippen LogP contribution in [-0.2, 0) is 4.79 Å². The molecule has 1 fully saturated rings. The molecule has 7 nitrogen and oxygen atoms in total. The third-order valence-corrected chi connectivity index (χ3v) is 4.18. The van der Waals surface area contributed by atoms with E-state index in [4.69, 9.17) is 9.47 Å². The van der Waals surface area contributed by atoms with E-state index in [1.807, 2.05) is 4.90 Å². The number of anilines is 1. The quantitative estimate of drug-likeness (QED) is 0.887. The maximum atomic E-state index is 13.3. The zero-order chi connectivity index (χ0) is 17.9. The highest BCUT2D eigenvalue weighted by atomic mass is 19.1. The first kappa shape index (κ1) is 16.9. The maximum absolute atomic E-state index is 13.3. The van der Waals surface area contributed by atoms with Gasteiger partial charge in [0.05, 0.1) is 7.11 Å². The summed E-state index contributed by atoms with van der Waals surface area (Å²) in [5.74, 6) is -0.420. The van der Waals surface area contributed by atoms with Crippen LogP contribution in [0.4, 0.5) is 10.3 Å². The zero-order valence-electron chi connectivity index (χ0n) is 13.7. The Labute approximate surface area is 144 Å². The van der Waals surface area contributed by atoms with Gasteiger partial charge in [0.15, 0.2) is 0 Å². The molecule has 1 saturated heterocycles. The number of aromatic nitrogens is 2. The standard InChI is InChI=1S/C17H18FN3O4/c1-24-14-5-8-19-16(20-14)21-9-6-17(7-10-21,15(22)23)25-13-4-2-3-12(18)11-13/h2-5,8,11H,6-7,9-10H2,1H3,(H,22,23). The summed E-state index contributed by atoms with van der Waals surface area (Å²) in [7, 11) is 1.52. The van der Waals surface area contributed by atoms with E-state index in [1.165, 1.54) is 25.3 Å². The molecule has 8 heteroatoms. The molecule has 0 aliphatic carbocycles. The fourth-order valence-electron chi connectivity index (χ4n) is 2.78. The first-order chi connectivity index (χ1) is 12.0. The van der Waals surface area contributed by atoms with Crippen molar-refractivity contribution in [3.05, 3.63) is 42.3 Å². The van der Waals surface area contributed by atoms with Gasteiger partial charge in [-0.15, -0.1) is 0 Å². The van der Waals surface area contributed by atoms with Gasteiger partial charge in [-0.25, -0.2) is 14.2 Å². The van der Waals surface area contributed by atoms with Crippen molar-refractivity contribution in [3.63, 3.8) is 0 Å². The Morgan fingerprint density at radius 2 is 2.08 bits per heavy atom. The second-order valence-corrected chi connectivity index (χ2v) is 5.74. The number of ether oxygens (including phenoxy) is 2. The number of benzene rings is 1. The first-order valence-electron chi connectivity index (χ1n) is 7.82. The average Bonchev–Trinajstić information content (AvgIpc) is 2.62. The van der Waals surface area contributed by atoms with Gasteiger partial charge < -0.3 is 19.5 Å². The molecule has 0 bridgehead atoms. The maximum Gasteiger partial charge on any atom is 0.348 e. The van der Waals surface area contributed by atoms with Gasteiger partial charge in [0.2, 0.25) is 17.4 Å². The summed E-state index contributed by atoms with van der Waals surface area (Å²) in [5, 5.41) is 9.67. The Kier molecular flexibility index (Phi) is 4.69. The molecule has 1 aromatic carbocycles. The Balaban J connectivity index is 1.75. The third-order valence-electron chi connectivity index (χ3n) is 4.18. The lowest BCUT2D eigenvalue weighted by atomic mass is 9.91. The Morgan fingerprint density at radius 3 is 2.72 bits per heavy atom. The molecule has 1 aliphatic rings.